The van der Waals surface area contributed by atoms with Crippen LogP contribution >= 0.6 is 0 Å². The van der Waals surface area contributed by atoms with E-state index < -0.39 is 0 Å². The third-order valence-electron chi connectivity index (χ3n) is 8.31. The lowest BCUT2D eigenvalue weighted by atomic mass is 9.88. The Labute approximate surface area is 256 Å². The highest BCUT2D eigenvalue weighted by Gasteiger charge is 2.32. The molecule has 4 aromatic carbocycles. The van der Waals surface area contributed by atoms with E-state index in [1.807, 2.05) is 6.07 Å². The lowest BCUT2D eigenvalue weighted by Crippen LogP contribution is -3.00. The summed E-state index contributed by atoms with van der Waals surface area (Å²) in [6.07, 6.45) is 6.02. The lowest BCUT2D eigenvalue weighted by molar-refractivity contribution is -0.686. The molecule has 0 N–H and O–H groups in total. The number of hydrogen-bond acceptors (Lipinski definition) is 5. The van der Waals surface area contributed by atoms with Crippen LogP contribution in [0.4, 0.5) is 0 Å². The van der Waals surface area contributed by atoms with Crippen LogP contribution in [-0.4, -0.2) is 28.1 Å². The second kappa shape index (κ2) is 11.3. The fraction of sp³-hybridized carbons (Fsp3) is 0.265. The number of halogens is 1. The molecule has 2 aliphatic heterocycles. The highest BCUT2D eigenvalue weighted by atomic mass is 127. The number of ether oxygens (including phenoxy) is 5. The van der Waals surface area contributed by atoms with Gasteiger partial charge in [0.05, 0.1) is 32.3 Å². The van der Waals surface area contributed by atoms with Crippen molar-refractivity contribution in [2.24, 2.45) is 0 Å². The van der Waals surface area contributed by atoms with Crippen molar-refractivity contribution in [1.29, 1.82) is 0 Å². The van der Waals surface area contributed by atoms with E-state index >= 15 is 0 Å². The molecule has 41 heavy (non-hydrogen) atoms. The number of pyridine rings is 1. The van der Waals surface area contributed by atoms with Crippen LogP contribution in [0.15, 0.2) is 66.9 Å². The summed E-state index contributed by atoms with van der Waals surface area (Å²) in [4.78, 5) is 0. The fourth-order valence-electron chi connectivity index (χ4n) is 6.45. The molecule has 0 bridgehead atoms. The van der Waals surface area contributed by atoms with Gasteiger partial charge in [-0.25, -0.2) is 0 Å². The standard InChI is InChI=1S/C34H32NO5.HI/c1-36-29-13-11-21(23-8-4-5-9-25(23)29)7-6-10-26-24-12-14-30(37-2)34(38-3)28(24)19-35-16-15-22-17-31-32(40-20-39-31)18-27(22)33(26)35;/h4-5,8-9,11-14,17-19H,6-7,10,15-16,20H2,1-3H3;1H/q+1;/p-1. The molecule has 6 nitrogen and oxygen atoms in total. The van der Waals surface area contributed by atoms with Crippen LogP contribution in [0.25, 0.3) is 32.8 Å². The van der Waals surface area contributed by atoms with E-state index in [2.05, 4.69) is 65.4 Å². The first-order chi connectivity index (χ1) is 19.7. The predicted molar refractivity (Wildman–Crippen MR) is 155 cm³/mol. The van der Waals surface area contributed by atoms with Gasteiger partial charge in [-0.1, -0.05) is 30.3 Å². The second-order valence-corrected chi connectivity index (χ2v) is 10.4. The number of aromatic nitrogens is 1. The number of nitrogens with zero attached hydrogens (tertiary/aromatic N) is 1. The number of methoxy groups -OCH3 is 3. The summed E-state index contributed by atoms with van der Waals surface area (Å²) in [7, 11) is 5.14. The highest BCUT2D eigenvalue weighted by Crippen LogP contribution is 2.44. The number of hydrogen-bond donors (Lipinski definition) is 0. The zero-order chi connectivity index (χ0) is 27.2. The van der Waals surface area contributed by atoms with E-state index in [1.54, 1.807) is 21.3 Å². The van der Waals surface area contributed by atoms with Crippen LogP contribution < -0.4 is 52.2 Å². The van der Waals surface area contributed by atoms with Crippen molar-refractivity contribution in [3.8, 4) is 40.0 Å². The number of fused-ring (bicyclic) bond motifs is 6. The van der Waals surface area contributed by atoms with Crippen molar-refractivity contribution < 1.29 is 52.2 Å². The molecule has 2 aliphatic rings. The van der Waals surface area contributed by atoms with E-state index in [0.717, 1.165) is 71.7 Å². The number of benzene rings is 4. The first kappa shape index (κ1) is 27.4. The summed E-state index contributed by atoms with van der Waals surface area (Å²) in [5.74, 6) is 4.08. The zero-order valence-electron chi connectivity index (χ0n) is 23.5. The zero-order valence-corrected chi connectivity index (χ0v) is 25.6. The Morgan fingerprint density at radius 3 is 2.29 bits per heavy atom. The lowest BCUT2D eigenvalue weighted by Gasteiger charge is -2.21. The van der Waals surface area contributed by atoms with Gasteiger partial charge in [-0.15, -0.1) is 0 Å². The fourth-order valence-corrected chi connectivity index (χ4v) is 6.45. The van der Waals surface area contributed by atoms with Crippen molar-refractivity contribution >= 4 is 21.5 Å². The van der Waals surface area contributed by atoms with Gasteiger partial charge in [-0.05, 0) is 66.1 Å². The normalized spacial score (nSPS) is 13.0. The average Bonchev–Trinajstić information content (AvgIpc) is 3.46. The van der Waals surface area contributed by atoms with Gasteiger partial charge in [0.15, 0.2) is 35.7 Å². The van der Waals surface area contributed by atoms with Crippen molar-refractivity contribution in [1.82, 2.24) is 0 Å². The summed E-state index contributed by atoms with van der Waals surface area (Å²) < 4.78 is 31.1. The molecule has 0 spiro atoms. The molecule has 3 heterocycles. The largest absolute Gasteiger partial charge is 1.00 e. The van der Waals surface area contributed by atoms with Gasteiger partial charge >= 0.3 is 0 Å². The van der Waals surface area contributed by atoms with E-state index in [-0.39, 0.29) is 30.8 Å². The van der Waals surface area contributed by atoms with Crippen LogP contribution in [0.2, 0.25) is 0 Å². The molecule has 0 aliphatic carbocycles. The summed E-state index contributed by atoms with van der Waals surface area (Å²) in [6.45, 7) is 1.16. The predicted octanol–water partition coefficient (Wildman–Crippen LogP) is 3.44. The topological polar surface area (TPSA) is 50.0 Å². The van der Waals surface area contributed by atoms with Crippen LogP contribution in [0.5, 0.6) is 28.7 Å². The molecule has 7 heteroatoms. The van der Waals surface area contributed by atoms with Crippen molar-refractivity contribution in [2.45, 2.75) is 32.2 Å². The molecule has 5 aromatic rings. The molecule has 0 atom stereocenters. The molecule has 0 saturated carbocycles. The Morgan fingerprint density at radius 1 is 0.756 bits per heavy atom. The molecular formula is C34H32INO5. The Morgan fingerprint density at radius 2 is 1.51 bits per heavy atom. The maximum atomic E-state index is 5.88. The van der Waals surface area contributed by atoms with E-state index in [1.165, 1.54) is 38.7 Å². The van der Waals surface area contributed by atoms with E-state index in [9.17, 15) is 0 Å². The summed E-state index contributed by atoms with van der Waals surface area (Å²) in [5, 5.41) is 4.66. The van der Waals surface area contributed by atoms with Gasteiger partial charge in [0, 0.05) is 22.8 Å². The van der Waals surface area contributed by atoms with Gasteiger partial charge in [0.1, 0.15) is 5.75 Å². The van der Waals surface area contributed by atoms with Crippen molar-refractivity contribution in [3.63, 3.8) is 0 Å². The average molecular weight is 662 g/mol. The van der Waals surface area contributed by atoms with E-state index in [0.29, 0.717) is 0 Å². The van der Waals surface area contributed by atoms with Gasteiger partial charge < -0.3 is 47.7 Å². The molecule has 210 valence electrons. The summed E-state index contributed by atoms with van der Waals surface area (Å²) in [6, 6.07) is 21.3. The minimum atomic E-state index is 0. The minimum absolute atomic E-state index is 0. The second-order valence-electron chi connectivity index (χ2n) is 10.4. The van der Waals surface area contributed by atoms with Gasteiger partial charge in [-0.3, -0.25) is 0 Å². The van der Waals surface area contributed by atoms with Gasteiger partial charge in [-0.2, -0.15) is 4.57 Å². The van der Waals surface area contributed by atoms with Crippen LogP contribution in [-0.2, 0) is 25.8 Å². The third kappa shape index (κ3) is 4.60. The van der Waals surface area contributed by atoms with Crippen molar-refractivity contribution in [3.05, 3.63) is 83.6 Å². The van der Waals surface area contributed by atoms with Gasteiger partial charge in [0.2, 0.25) is 12.5 Å². The van der Waals surface area contributed by atoms with Crippen molar-refractivity contribution in [2.75, 3.05) is 28.1 Å². The molecule has 0 fully saturated rings. The molecule has 0 radical (unpaired) electrons. The first-order valence-electron chi connectivity index (χ1n) is 13.8. The summed E-state index contributed by atoms with van der Waals surface area (Å²) in [5.41, 5.74) is 6.42. The molecular weight excluding hydrogens is 629 g/mol. The van der Waals surface area contributed by atoms with Crippen LogP contribution in [0, 0.1) is 0 Å². The highest BCUT2D eigenvalue weighted by molar-refractivity contribution is 5.95. The molecule has 7 rings (SSSR count). The Hall–Kier alpha value is -3.72. The van der Waals surface area contributed by atoms with Crippen LogP contribution in [0.1, 0.15) is 23.1 Å². The van der Waals surface area contributed by atoms with Crippen LogP contribution in [0.3, 0.4) is 0 Å². The first-order valence-corrected chi connectivity index (χ1v) is 13.8. The number of aryl methyl sites for hydroxylation is 4. The Balaban J connectivity index is 0.00000302. The molecule has 1 aromatic heterocycles. The molecule has 0 amide bonds. The molecule has 0 saturated heterocycles. The number of rotatable bonds is 7. The SMILES string of the molecule is COc1ccc2c(CCCc3ccc(OC)c4ccccc34)c3[n+](cc2c1OC)CCc1cc2c(cc1-3)OCO2.[I-]. The Bertz CT molecular complexity index is 1780. The summed E-state index contributed by atoms with van der Waals surface area (Å²) >= 11 is 0. The van der Waals surface area contributed by atoms with E-state index in [4.69, 9.17) is 23.7 Å². The minimum Gasteiger partial charge on any atom is -1.00 e. The smallest absolute Gasteiger partial charge is 0.231 e. The molecule has 0 unspecified atom stereocenters. The quantitative estimate of drug-likeness (QED) is 0.198. The maximum absolute atomic E-state index is 5.88. The maximum Gasteiger partial charge on any atom is 0.231 e. The monoisotopic (exact) mass is 661 g/mol. The Kier molecular flexibility index (Phi) is 7.55. The third-order valence-corrected chi connectivity index (χ3v) is 8.31. The van der Waals surface area contributed by atoms with Gasteiger partial charge in [0.25, 0.3) is 0 Å².